The molecule has 2 fully saturated rings. The van der Waals surface area contributed by atoms with Gasteiger partial charge in [-0.25, -0.2) is 0 Å². The molecule has 1 saturated heterocycles. The Morgan fingerprint density at radius 2 is 2.00 bits per heavy atom. The van der Waals surface area contributed by atoms with Crippen LogP contribution in [0.15, 0.2) is 0 Å². The Morgan fingerprint density at radius 1 is 1.25 bits per heavy atom. The summed E-state index contributed by atoms with van der Waals surface area (Å²) in [5, 5.41) is 13.2. The highest BCUT2D eigenvalue weighted by atomic mass is 15.2. The number of nitriles is 1. The Balaban J connectivity index is 1.91. The molecule has 0 spiro atoms. The van der Waals surface area contributed by atoms with Gasteiger partial charge in [0.2, 0.25) is 0 Å². The van der Waals surface area contributed by atoms with Crippen molar-refractivity contribution < 1.29 is 0 Å². The normalized spacial score (nSPS) is 33.0. The molecule has 1 saturated carbocycles. The molecule has 1 aliphatic heterocycles. The van der Waals surface area contributed by atoms with E-state index >= 15 is 0 Å². The van der Waals surface area contributed by atoms with Crippen LogP contribution in [-0.4, -0.2) is 36.1 Å². The zero-order chi connectivity index (χ0) is 14.4. The molecule has 3 heteroatoms. The van der Waals surface area contributed by atoms with Crippen molar-refractivity contribution >= 4 is 0 Å². The summed E-state index contributed by atoms with van der Waals surface area (Å²) in [5.41, 5.74) is -0.249. The second-order valence-corrected chi connectivity index (χ2v) is 6.76. The SMILES string of the molecule is CCCNC1(C#N)CCCC(N2CCC(CC)CC2)C1. The van der Waals surface area contributed by atoms with Crippen LogP contribution in [0, 0.1) is 17.2 Å². The van der Waals surface area contributed by atoms with Crippen molar-refractivity contribution in [2.45, 2.75) is 76.8 Å². The lowest BCUT2D eigenvalue weighted by Crippen LogP contribution is -2.54. The Labute approximate surface area is 124 Å². The molecule has 0 amide bonds. The van der Waals surface area contributed by atoms with Crippen molar-refractivity contribution in [2.75, 3.05) is 19.6 Å². The Hall–Kier alpha value is -0.590. The maximum Gasteiger partial charge on any atom is 0.108 e. The molecule has 2 aliphatic rings. The molecule has 3 nitrogen and oxygen atoms in total. The molecular formula is C17H31N3. The van der Waals surface area contributed by atoms with E-state index in [0.29, 0.717) is 6.04 Å². The Morgan fingerprint density at radius 3 is 2.60 bits per heavy atom. The average molecular weight is 277 g/mol. The number of hydrogen-bond acceptors (Lipinski definition) is 3. The van der Waals surface area contributed by atoms with E-state index in [1.54, 1.807) is 0 Å². The predicted molar refractivity (Wildman–Crippen MR) is 83.5 cm³/mol. The summed E-state index contributed by atoms with van der Waals surface area (Å²) in [6.07, 6.45) is 9.70. The lowest BCUT2D eigenvalue weighted by atomic mass is 9.78. The summed E-state index contributed by atoms with van der Waals surface area (Å²) in [7, 11) is 0. The third kappa shape index (κ3) is 3.74. The van der Waals surface area contributed by atoms with Gasteiger partial charge in [-0.15, -0.1) is 0 Å². The van der Waals surface area contributed by atoms with Gasteiger partial charge in [-0.3, -0.25) is 5.32 Å². The Kier molecular flexibility index (Phi) is 5.86. The minimum Gasteiger partial charge on any atom is -0.300 e. The summed E-state index contributed by atoms with van der Waals surface area (Å²) in [6, 6.07) is 3.23. The van der Waals surface area contributed by atoms with Crippen molar-refractivity contribution in [3.05, 3.63) is 0 Å². The van der Waals surface area contributed by atoms with E-state index in [2.05, 4.69) is 30.1 Å². The van der Waals surface area contributed by atoms with Gasteiger partial charge in [0.05, 0.1) is 6.07 Å². The van der Waals surface area contributed by atoms with E-state index in [1.807, 2.05) is 0 Å². The van der Waals surface area contributed by atoms with Crippen LogP contribution < -0.4 is 5.32 Å². The van der Waals surface area contributed by atoms with E-state index in [0.717, 1.165) is 31.7 Å². The quantitative estimate of drug-likeness (QED) is 0.838. The first-order valence-corrected chi connectivity index (χ1v) is 8.63. The predicted octanol–water partition coefficient (Wildman–Crippen LogP) is 3.31. The molecule has 2 rings (SSSR count). The fourth-order valence-corrected chi connectivity index (χ4v) is 3.95. The van der Waals surface area contributed by atoms with Gasteiger partial charge in [0.1, 0.15) is 5.54 Å². The smallest absolute Gasteiger partial charge is 0.108 e. The molecule has 0 aromatic rings. The largest absolute Gasteiger partial charge is 0.300 e. The second kappa shape index (κ2) is 7.43. The first kappa shape index (κ1) is 15.8. The third-order valence-corrected chi connectivity index (χ3v) is 5.40. The number of hydrogen-bond donors (Lipinski definition) is 1. The molecule has 114 valence electrons. The molecule has 0 aromatic heterocycles. The number of piperidine rings is 1. The number of nitrogens with zero attached hydrogens (tertiary/aromatic N) is 2. The van der Waals surface area contributed by atoms with Gasteiger partial charge < -0.3 is 4.90 Å². The van der Waals surface area contributed by atoms with Crippen LogP contribution in [0.2, 0.25) is 0 Å². The van der Waals surface area contributed by atoms with E-state index < -0.39 is 0 Å². The molecule has 20 heavy (non-hydrogen) atoms. The van der Waals surface area contributed by atoms with E-state index in [9.17, 15) is 5.26 Å². The summed E-state index contributed by atoms with van der Waals surface area (Å²) < 4.78 is 0. The maximum atomic E-state index is 9.63. The van der Waals surface area contributed by atoms with Gasteiger partial charge >= 0.3 is 0 Å². The highest BCUT2D eigenvalue weighted by Crippen LogP contribution is 2.33. The highest BCUT2D eigenvalue weighted by Gasteiger charge is 2.38. The maximum absolute atomic E-state index is 9.63. The first-order valence-electron chi connectivity index (χ1n) is 8.63. The zero-order valence-corrected chi connectivity index (χ0v) is 13.3. The minimum absolute atomic E-state index is 0.249. The molecule has 0 bridgehead atoms. The summed E-state index contributed by atoms with van der Waals surface area (Å²) >= 11 is 0. The van der Waals surface area contributed by atoms with Crippen LogP contribution >= 0.6 is 0 Å². The number of rotatable bonds is 5. The van der Waals surface area contributed by atoms with Crippen LogP contribution in [0.5, 0.6) is 0 Å². The van der Waals surface area contributed by atoms with Crippen molar-refractivity contribution in [1.29, 1.82) is 5.26 Å². The molecule has 1 N–H and O–H groups in total. The van der Waals surface area contributed by atoms with Crippen LogP contribution in [0.25, 0.3) is 0 Å². The fourth-order valence-electron chi connectivity index (χ4n) is 3.95. The first-order chi connectivity index (χ1) is 9.73. The second-order valence-electron chi connectivity index (χ2n) is 6.76. The lowest BCUT2D eigenvalue weighted by Gasteiger charge is -2.44. The van der Waals surface area contributed by atoms with Crippen LogP contribution in [0.1, 0.15) is 65.2 Å². The topological polar surface area (TPSA) is 39.1 Å². The number of likely N-dealkylation sites (tertiary alicyclic amines) is 1. The molecule has 2 unspecified atom stereocenters. The van der Waals surface area contributed by atoms with Gasteiger partial charge in [-0.1, -0.05) is 20.3 Å². The van der Waals surface area contributed by atoms with Gasteiger partial charge in [-0.05, 0) is 70.5 Å². The van der Waals surface area contributed by atoms with Crippen LogP contribution in [-0.2, 0) is 0 Å². The molecule has 1 heterocycles. The summed E-state index contributed by atoms with van der Waals surface area (Å²) in [6.45, 7) is 7.96. The third-order valence-electron chi connectivity index (χ3n) is 5.40. The highest BCUT2D eigenvalue weighted by molar-refractivity contribution is 5.11. The van der Waals surface area contributed by atoms with Crippen molar-refractivity contribution in [3.63, 3.8) is 0 Å². The molecule has 2 atom stereocenters. The zero-order valence-electron chi connectivity index (χ0n) is 13.3. The summed E-state index contributed by atoms with van der Waals surface area (Å²) in [4.78, 5) is 2.67. The van der Waals surface area contributed by atoms with Crippen molar-refractivity contribution in [3.8, 4) is 6.07 Å². The van der Waals surface area contributed by atoms with E-state index in [1.165, 1.54) is 45.2 Å². The summed E-state index contributed by atoms with van der Waals surface area (Å²) in [5.74, 6) is 0.939. The fraction of sp³-hybridized carbons (Fsp3) is 0.941. The lowest BCUT2D eigenvalue weighted by molar-refractivity contribution is 0.0828. The Bertz CT molecular complexity index is 328. The molecule has 0 aromatic carbocycles. The van der Waals surface area contributed by atoms with Crippen LogP contribution in [0.4, 0.5) is 0 Å². The van der Waals surface area contributed by atoms with Gasteiger partial charge in [0.15, 0.2) is 0 Å². The molecular weight excluding hydrogens is 246 g/mol. The van der Waals surface area contributed by atoms with Crippen LogP contribution in [0.3, 0.4) is 0 Å². The van der Waals surface area contributed by atoms with Crippen molar-refractivity contribution in [2.24, 2.45) is 5.92 Å². The number of nitrogens with one attached hydrogen (secondary N) is 1. The van der Waals surface area contributed by atoms with E-state index in [4.69, 9.17) is 0 Å². The molecule has 1 aliphatic carbocycles. The van der Waals surface area contributed by atoms with Gasteiger partial charge in [0, 0.05) is 6.04 Å². The van der Waals surface area contributed by atoms with E-state index in [-0.39, 0.29) is 5.54 Å². The van der Waals surface area contributed by atoms with Gasteiger partial charge in [-0.2, -0.15) is 5.26 Å². The monoisotopic (exact) mass is 277 g/mol. The minimum atomic E-state index is -0.249. The van der Waals surface area contributed by atoms with Crippen molar-refractivity contribution in [1.82, 2.24) is 10.2 Å². The van der Waals surface area contributed by atoms with Gasteiger partial charge in [0.25, 0.3) is 0 Å². The standard InChI is InChI=1S/C17H31N3/c1-3-10-19-17(14-18)9-5-6-16(13-17)20-11-7-15(4-2)8-12-20/h15-16,19H,3-13H2,1-2H3. The average Bonchev–Trinajstić information content (AvgIpc) is 2.53. The molecule has 0 radical (unpaired) electrons.